The highest BCUT2D eigenvalue weighted by molar-refractivity contribution is 5.76. The molecule has 2 aromatic rings. The molecule has 1 aliphatic heterocycles. The number of carboxylic acids is 1. The standard InChI is InChI=1S/C28H39N3O3/c1-20(2)34-27-24(12-8-17-29-27)26(28(32)33)31-18-16-21(19-31)9-4-3-5-11-23-15-14-22-10-6-7-13-25(22)30-23/h8,12,14-15,17,20-21,26H,3-7,9-11,13,16,18-19H2,1-2H3,(H,32,33)/t21-,26+/m1/s1. The van der Waals surface area contributed by atoms with Crippen LogP contribution in [0.1, 0.15) is 87.3 Å². The minimum Gasteiger partial charge on any atom is -0.480 e. The second-order valence-corrected chi connectivity index (χ2v) is 10.2. The number of aryl methyl sites for hydroxylation is 3. The van der Waals surface area contributed by atoms with Crippen LogP contribution in [0.5, 0.6) is 5.88 Å². The molecule has 2 aliphatic rings. The van der Waals surface area contributed by atoms with Gasteiger partial charge in [0.05, 0.1) is 6.10 Å². The van der Waals surface area contributed by atoms with E-state index in [-0.39, 0.29) is 6.10 Å². The summed E-state index contributed by atoms with van der Waals surface area (Å²) < 4.78 is 5.82. The Kier molecular flexibility index (Phi) is 8.54. The molecule has 2 aromatic heterocycles. The number of carbonyl (C=O) groups is 1. The Morgan fingerprint density at radius 1 is 1.18 bits per heavy atom. The van der Waals surface area contributed by atoms with Crippen molar-refractivity contribution in [2.45, 2.75) is 90.2 Å². The normalized spacial score (nSPS) is 19.2. The first-order valence-corrected chi connectivity index (χ1v) is 13.1. The number of pyridine rings is 2. The third-order valence-electron chi connectivity index (χ3n) is 7.14. The lowest BCUT2D eigenvalue weighted by molar-refractivity contribution is -0.143. The molecule has 34 heavy (non-hydrogen) atoms. The van der Waals surface area contributed by atoms with E-state index in [0.717, 1.165) is 38.8 Å². The predicted molar refractivity (Wildman–Crippen MR) is 133 cm³/mol. The Labute approximate surface area is 203 Å². The number of aliphatic carboxylic acids is 1. The first kappa shape index (κ1) is 24.6. The van der Waals surface area contributed by atoms with Crippen LogP contribution in [-0.2, 0) is 24.1 Å². The molecule has 1 N–H and O–H groups in total. The van der Waals surface area contributed by atoms with E-state index in [9.17, 15) is 9.90 Å². The van der Waals surface area contributed by atoms with E-state index in [4.69, 9.17) is 9.72 Å². The van der Waals surface area contributed by atoms with Crippen LogP contribution in [0, 0.1) is 5.92 Å². The SMILES string of the molecule is CC(C)Oc1ncccc1[C@@H](C(=O)O)N1CC[C@@H](CCCCCc2ccc3c(n2)CCCC3)C1. The van der Waals surface area contributed by atoms with Crippen LogP contribution in [0.15, 0.2) is 30.5 Å². The highest BCUT2D eigenvalue weighted by Crippen LogP contribution is 2.34. The summed E-state index contributed by atoms with van der Waals surface area (Å²) in [5.74, 6) is 0.152. The van der Waals surface area contributed by atoms with Gasteiger partial charge < -0.3 is 9.84 Å². The predicted octanol–water partition coefficient (Wildman–Crippen LogP) is 5.39. The molecule has 6 heteroatoms. The van der Waals surface area contributed by atoms with Crippen molar-refractivity contribution in [2.24, 2.45) is 5.92 Å². The van der Waals surface area contributed by atoms with Crippen molar-refractivity contribution in [2.75, 3.05) is 13.1 Å². The molecule has 0 unspecified atom stereocenters. The molecule has 1 fully saturated rings. The molecule has 0 saturated carbocycles. The zero-order valence-corrected chi connectivity index (χ0v) is 20.7. The van der Waals surface area contributed by atoms with Crippen LogP contribution in [0.4, 0.5) is 0 Å². The Bertz CT molecular complexity index is 962. The number of carboxylic acid groups (broad SMARTS) is 1. The Hall–Kier alpha value is -2.47. The largest absolute Gasteiger partial charge is 0.480 e. The molecule has 1 saturated heterocycles. The molecule has 6 nitrogen and oxygen atoms in total. The van der Waals surface area contributed by atoms with Gasteiger partial charge in [0.15, 0.2) is 0 Å². The number of ether oxygens (including phenoxy) is 1. The van der Waals surface area contributed by atoms with E-state index in [1.807, 2.05) is 19.9 Å². The first-order chi connectivity index (χ1) is 16.5. The zero-order valence-electron chi connectivity index (χ0n) is 20.7. The number of fused-ring (bicyclic) bond motifs is 1. The topological polar surface area (TPSA) is 75.6 Å². The highest BCUT2D eigenvalue weighted by atomic mass is 16.5. The lowest BCUT2D eigenvalue weighted by atomic mass is 9.95. The van der Waals surface area contributed by atoms with Crippen LogP contribution in [0.3, 0.4) is 0 Å². The van der Waals surface area contributed by atoms with Crippen LogP contribution in [0.25, 0.3) is 0 Å². The Morgan fingerprint density at radius 2 is 2.03 bits per heavy atom. The fourth-order valence-electron chi connectivity index (χ4n) is 5.43. The first-order valence-electron chi connectivity index (χ1n) is 13.1. The van der Waals surface area contributed by atoms with Crippen molar-refractivity contribution < 1.29 is 14.6 Å². The van der Waals surface area contributed by atoms with Crippen LogP contribution in [-0.4, -0.2) is 45.1 Å². The summed E-state index contributed by atoms with van der Waals surface area (Å²) in [5.41, 5.74) is 4.68. The Balaban J connectivity index is 1.24. The lowest BCUT2D eigenvalue weighted by Crippen LogP contribution is -2.33. The molecular formula is C28H39N3O3. The van der Waals surface area contributed by atoms with Crippen molar-refractivity contribution in [3.8, 4) is 5.88 Å². The van der Waals surface area contributed by atoms with E-state index in [1.54, 1.807) is 12.3 Å². The quantitative estimate of drug-likeness (QED) is 0.448. The molecule has 0 spiro atoms. The van der Waals surface area contributed by atoms with Crippen molar-refractivity contribution in [1.82, 2.24) is 14.9 Å². The number of hydrogen-bond acceptors (Lipinski definition) is 5. The maximum Gasteiger partial charge on any atom is 0.325 e. The van der Waals surface area contributed by atoms with Crippen LogP contribution < -0.4 is 4.74 Å². The van der Waals surface area contributed by atoms with Gasteiger partial charge in [-0.1, -0.05) is 18.9 Å². The molecule has 0 amide bonds. The van der Waals surface area contributed by atoms with Gasteiger partial charge in [0.2, 0.25) is 5.88 Å². The van der Waals surface area contributed by atoms with Crippen molar-refractivity contribution in [3.05, 3.63) is 53.0 Å². The fraction of sp³-hybridized carbons (Fsp3) is 0.607. The van der Waals surface area contributed by atoms with Crippen molar-refractivity contribution >= 4 is 5.97 Å². The molecule has 2 atom stereocenters. The zero-order chi connectivity index (χ0) is 23.9. The van der Waals surface area contributed by atoms with E-state index in [2.05, 4.69) is 22.0 Å². The summed E-state index contributed by atoms with van der Waals surface area (Å²) in [4.78, 5) is 23.5. The lowest BCUT2D eigenvalue weighted by Gasteiger charge is -2.26. The van der Waals surface area contributed by atoms with Gasteiger partial charge in [-0.15, -0.1) is 0 Å². The Morgan fingerprint density at radius 3 is 2.85 bits per heavy atom. The molecule has 4 rings (SSSR count). The minimum absolute atomic E-state index is 0.0501. The van der Waals surface area contributed by atoms with Gasteiger partial charge in [-0.25, -0.2) is 4.98 Å². The fourth-order valence-corrected chi connectivity index (χ4v) is 5.43. The molecular weight excluding hydrogens is 426 g/mol. The molecule has 0 bridgehead atoms. The van der Waals surface area contributed by atoms with Crippen LogP contribution >= 0.6 is 0 Å². The van der Waals surface area contributed by atoms with Crippen molar-refractivity contribution in [1.29, 1.82) is 0 Å². The number of hydrogen-bond donors (Lipinski definition) is 1. The average molecular weight is 466 g/mol. The van der Waals surface area contributed by atoms with E-state index >= 15 is 0 Å². The van der Waals surface area contributed by atoms with E-state index in [1.165, 1.54) is 55.5 Å². The molecule has 184 valence electrons. The second kappa shape index (κ2) is 11.8. The van der Waals surface area contributed by atoms with E-state index in [0.29, 0.717) is 17.4 Å². The number of aromatic nitrogens is 2. The van der Waals surface area contributed by atoms with Gasteiger partial charge in [0.25, 0.3) is 0 Å². The number of unbranched alkanes of at least 4 members (excludes halogenated alkanes) is 2. The monoisotopic (exact) mass is 465 g/mol. The molecule has 1 aliphatic carbocycles. The van der Waals surface area contributed by atoms with Gasteiger partial charge in [-0.05, 0) is 101 Å². The maximum atomic E-state index is 12.2. The third-order valence-corrected chi connectivity index (χ3v) is 7.14. The summed E-state index contributed by atoms with van der Waals surface area (Å²) in [6.45, 7) is 5.49. The van der Waals surface area contributed by atoms with Gasteiger partial charge in [0, 0.05) is 29.7 Å². The highest BCUT2D eigenvalue weighted by Gasteiger charge is 2.35. The minimum atomic E-state index is -0.834. The smallest absolute Gasteiger partial charge is 0.325 e. The molecule has 3 heterocycles. The van der Waals surface area contributed by atoms with Gasteiger partial charge in [-0.3, -0.25) is 14.7 Å². The number of likely N-dealkylation sites (tertiary alicyclic amines) is 1. The second-order valence-electron chi connectivity index (χ2n) is 10.2. The van der Waals surface area contributed by atoms with Gasteiger partial charge >= 0.3 is 5.97 Å². The summed E-state index contributed by atoms with van der Waals surface area (Å²) in [7, 11) is 0. The third kappa shape index (κ3) is 6.35. The summed E-state index contributed by atoms with van der Waals surface area (Å²) in [5, 5.41) is 10.0. The average Bonchev–Trinajstić information content (AvgIpc) is 3.27. The van der Waals surface area contributed by atoms with Crippen LogP contribution in [0.2, 0.25) is 0 Å². The van der Waals surface area contributed by atoms with Crippen molar-refractivity contribution in [3.63, 3.8) is 0 Å². The van der Waals surface area contributed by atoms with Gasteiger partial charge in [-0.2, -0.15) is 0 Å². The molecule has 0 aromatic carbocycles. The summed E-state index contributed by atoms with van der Waals surface area (Å²) in [6.07, 6.45) is 13.3. The van der Waals surface area contributed by atoms with Gasteiger partial charge in [0.1, 0.15) is 6.04 Å². The maximum absolute atomic E-state index is 12.2. The number of rotatable bonds is 11. The number of nitrogens with zero attached hydrogens (tertiary/aromatic N) is 3. The summed E-state index contributed by atoms with van der Waals surface area (Å²) in [6, 6.07) is 7.45. The van der Waals surface area contributed by atoms with E-state index < -0.39 is 12.0 Å². The molecule has 0 radical (unpaired) electrons. The summed E-state index contributed by atoms with van der Waals surface area (Å²) >= 11 is 0.